The van der Waals surface area contributed by atoms with Crippen LogP contribution in [-0.4, -0.2) is 19.0 Å². The van der Waals surface area contributed by atoms with E-state index in [0.29, 0.717) is 17.0 Å². The summed E-state index contributed by atoms with van der Waals surface area (Å²) < 4.78 is 34.5. The maximum Gasteiger partial charge on any atom is 0.387 e. The van der Waals surface area contributed by atoms with E-state index in [1.807, 2.05) is 13.0 Å². The number of ether oxygens (including phenoxy) is 2. The van der Waals surface area contributed by atoms with Crippen molar-refractivity contribution in [2.75, 3.05) is 6.61 Å². The van der Waals surface area contributed by atoms with E-state index in [1.54, 1.807) is 31.2 Å². The number of benzene rings is 1. The highest BCUT2D eigenvalue weighted by atomic mass is 32.1. The first-order valence-corrected chi connectivity index (χ1v) is 8.38. The molecule has 1 aromatic carbocycles. The van der Waals surface area contributed by atoms with Gasteiger partial charge in [-0.25, -0.2) is 0 Å². The zero-order chi connectivity index (χ0) is 17.5. The molecule has 0 saturated carbocycles. The zero-order valence-electron chi connectivity index (χ0n) is 13.4. The van der Waals surface area contributed by atoms with Gasteiger partial charge in [0.25, 0.3) is 0 Å². The van der Waals surface area contributed by atoms with Crippen LogP contribution < -0.4 is 9.47 Å². The SMILES string of the molecule is CCOc1cc(/C=C/C(=O)c2ccc(CC)s2)ccc1OC(F)F. The number of carbonyl (C=O) groups is 1. The summed E-state index contributed by atoms with van der Waals surface area (Å²) in [5.74, 6) is 0.100. The molecule has 0 unspecified atom stereocenters. The molecule has 24 heavy (non-hydrogen) atoms. The Balaban J connectivity index is 2.16. The minimum absolute atomic E-state index is 0.0267. The van der Waals surface area contributed by atoms with Crippen LogP contribution in [0.3, 0.4) is 0 Å². The minimum Gasteiger partial charge on any atom is -0.490 e. The summed E-state index contributed by atoms with van der Waals surface area (Å²) in [6.07, 6.45) is 3.98. The Morgan fingerprint density at radius 1 is 1.21 bits per heavy atom. The molecule has 2 rings (SSSR count). The van der Waals surface area contributed by atoms with Crippen LogP contribution >= 0.6 is 11.3 Å². The number of hydrogen-bond donors (Lipinski definition) is 0. The molecule has 0 aliphatic carbocycles. The van der Waals surface area contributed by atoms with Crippen molar-refractivity contribution in [3.05, 3.63) is 51.7 Å². The molecule has 0 fully saturated rings. The van der Waals surface area contributed by atoms with Crippen LogP contribution in [0.1, 0.15) is 34.0 Å². The molecule has 2 aromatic rings. The van der Waals surface area contributed by atoms with Crippen LogP contribution in [0.4, 0.5) is 8.78 Å². The standard InChI is InChI=1S/C18H18F2O3S/c1-3-13-7-10-17(24-13)14(21)8-5-12-6-9-15(23-18(19)20)16(11-12)22-4-2/h5-11,18H,3-4H2,1-2H3/b8-5+. The normalized spacial score (nSPS) is 11.2. The summed E-state index contributed by atoms with van der Waals surface area (Å²) >= 11 is 1.47. The molecule has 1 heterocycles. The maximum absolute atomic E-state index is 12.4. The lowest BCUT2D eigenvalue weighted by atomic mass is 10.1. The minimum atomic E-state index is -2.92. The molecule has 0 saturated heterocycles. The second-order valence-corrected chi connectivity index (χ2v) is 6.00. The highest BCUT2D eigenvalue weighted by Gasteiger charge is 2.11. The van der Waals surface area contributed by atoms with Crippen molar-refractivity contribution in [2.45, 2.75) is 26.9 Å². The average Bonchev–Trinajstić information content (AvgIpc) is 3.03. The first-order chi connectivity index (χ1) is 11.5. The van der Waals surface area contributed by atoms with Crippen LogP contribution in [-0.2, 0) is 6.42 Å². The van der Waals surface area contributed by atoms with Crippen LogP contribution in [0.2, 0.25) is 0 Å². The topological polar surface area (TPSA) is 35.5 Å². The highest BCUT2D eigenvalue weighted by molar-refractivity contribution is 7.14. The summed E-state index contributed by atoms with van der Waals surface area (Å²) in [7, 11) is 0. The summed E-state index contributed by atoms with van der Waals surface area (Å²) in [5, 5.41) is 0. The number of carbonyl (C=O) groups excluding carboxylic acids is 1. The molecule has 1 aromatic heterocycles. The third-order valence-electron chi connectivity index (χ3n) is 3.16. The molecule has 0 aliphatic rings. The molecule has 0 atom stereocenters. The molecule has 0 spiro atoms. The van der Waals surface area contributed by atoms with Gasteiger partial charge in [-0.3, -0.25) is 4.79 Å². The summed E-state index contributed by atoms with van der Waals surface area (Å²) in [4.78, 5) is 14.0. The number of aryl methyl sites for hydroxylation is 1. The van der Waals surface area contributed by atoms with Gasteiger partial charge in [-0.05, 0) is 49.2 Å². The van der Waals surface area contributed by atoms with E-state index < -0.39 is 6.61 Å². The number of hydrogen-bond acceptors (Lipinski definition) is 4. The van der Waals surface area contributed by atoms with Crippen LogP contribution in [0.15, 0.2) is 36.4 Å². The molecule has 3 nitrogen and oxygen atoms in total. The van der Waals surface area contributed by atoms with Gasteiger partial charge in [0.15, 0.2) is 17.3 Å². The van der Waals surface area contributed by atoms with E-state index >= 15 is 0 Å². The van der Waals surface area contributed by atoms with Gasteiger partial charge in [-0.2, -0.15) is 8.78 Å². The fraction of sp³-hybridized carbons (Fsp3) is 0.278. The summed E-state index contributed by atoms with van der Waals surface area (Å²) in [6, 6.07) is 8.31. The highest BCUT2D eigenvalue weighted by Crippen LogP contribution is 2.30. The van der Waals surface area contributed by atoms with Gasteiger partial charge in [0.05, 0.1) is 11.5 Å². The second kappa shape index (κ2) is 8.59. The zero-order valence-corrected chi connectivity index (χ0v) is 14.2. The number of thiophene rings is 1. The first kappa shape index (κ1) is 18.1. The maximum atomic E-state index is 12.4. The predicted octanol–water partition coefficient (Wildman–Crippen LogP) is 5.21. The van der Waals surface area contributed by atoms with Crippen molar-refractivity contribution >= 4 is 23.2 Å². The van der Waals surface area contributed by atoms with Crippen molar-refractivity contribution < 1.29 is 23.0 Å². The molecule has 0 N–H and O–H groups in total. The van der Waals surface area contributed by atoms with E-state index in [9.17, 15) is 13.6 Å². The van der Waals surface area contributed by atoms with Crippen molar-refractivity contribution in [3.8, 4) is 11.5 Å². The molecule has 6 heteroatoms. The Bertz CT molecular complexity index is 723. The van der Waals surface area contributed by atoms with Gasteiger partial charge in [0.1, 0.15) is 0 Å². The van der Waals surface area contributed by atoms with E-state index in [2.05, 4.69) is 4.74 Å². The van der Waals surface area contributed by atoms with Gasteiger partial charge in [0.2, 0.25) is 0 Å². The Kier molecular flexibility index (Phi) is 6.49. The average molecular weight is 352 g/mol. The number of ketones is 1. The predicted molar refractivity (Wildman–Crippen MR) is 91.3 cm³/mol. The number of halogens is 2. The van der Waals surface area contributed by atoms with Crippen molar-refractivity contribution in [1.82, 2.24) is 0 Å². The smallest absolute Gasteiger partial charge is 0.387 e. The Morgan fingerprint density at radius 2 is 2.00 bits per heavy atom. The quantitative estimate of drug-likeness (QED) is 0.483. The van der Waals surface area contributed by atoms with Gasteiger partial charge < -0.3 is 9.47 Å². The van der Waals surface area contributed by atoms with E-state index in [0.717, 1.165) is 11.3 Å². The van der Waals surface area contributed by atoms with E-state index in [1.165, 1.54) is 23.5 Å². The number of rotatable bonds is 8. The first-order valence-electron chi connectivity index (χ1n) is 7.56. The lowest BCUT2D eigenvalue weighted by Crippen LogP contribution is -2.04. The number of alkyl halides is 2. The Hall–Kier alpha value is -2.21. The van der Waals surface area contributed by atoms with Crippen LogP contribution in [0.25, 0.3) is 6.08 Å². The third-order valence-corrected chi connectivity index (χ3v) is 4.41. The third kappa shape index (κ3) is 4.89. The van der Waals surface area contributed by atoms with Crippen molar-refractivity contribution in [3.63, 3.8) is 0 Å². The summed E-state index contributed by atoms with van der Waals surface area (Å²) in [5.41, 5.74) is 0.667. The fourth-order valence-electron chi connectivity index (χ4n) is 2.04. The van der Waals surface area contributed by atoms with Gasteiger partial charge >= 0.3 is 6.61 Å². The fourth-order valence-corrected chi connectivity index (χ4v) is 2.91. The van der Waals surface area contributed by atoms with E-state index in [-0.39, 0.29) is 17.3 Å². The van der Waals surface area contributed by atoms with E-state index in [4.69, 9.17) is 4.74 Å². The largest absolute Gasteiger partial charge is 0.490 e. The van der Waals surface area contributed by atoms with Crippen LogP contribution in [0.5, 0.6) is 11.5 Å². The van der Waals surface area contributed by atoms with Gasteiger partial charge in [-0.15, -0.1) is 11.3 Å². The lowest BCUT2D eigenvalue weighted by molar-refractivity contribution is -0.0514. The van der Waals surface area contributed by atoms with Crippen LogP contribution in [0, 0.1) is 0 Å². The molecule has 0 aliphatic heterocycles. The van der Waals surface area contributed by atoms with Gasteiger partial charge in [-0.1, -0.05) is 19.1 Å². The molecule has 128 valence electrons. The molecule has 0 amide bonds. The van der Waals surface area contributed by atoms with Crippen molar-refractivity contribution in [1.29, 1.82) is 0 Å². The Morgan fingerprint density at radius 3 is 2.62 bits per heavy atom. The number of allylic oxidation sites excluding steroid dienone is 1. The van der Waals surface area contributed by atoms with Crippen molar-refractivity contribution in [2.24, 2.45) is 0 Å². The Labute approximate surface area is 143 Å². The molecular formula is C18H18F2O3S. The summed E-state index contributed by atoms with van der Waals surface area (Å²) in [6.45, 7) is 1.19. The lowest BCUT2D eigenvalue weighted by Gasteiger charge is -2.11. The molecular weight excluding hydrogens is 334 g/mol. The second-order valence-electron chi connectivity index (χ2n) is 4.83. The van der Waals surface area contributed by atoms with Gasteiger partial charge in [0, 0.05) is 4.88 Å². The molecule has 0 radical (unpaired) electrons. The molecule has 0 bridgehead atoms. The monoisotopic (exact) mass is 352 g/mol.